The van der Waals surface area contributed by atoms with Crippen LogP contribution in [0.5, 0.6) is 0 Å². The SMILES string of the molecule is CNS(=O)(=O)c1ccc(C(=O)N2CC(CN)CC2C)o1.Cl. The number of carbonyl (C=O) groups is 1. The lowest BCUT2D eigenvalue weighted by Crippen LogP contribution is -2.34. The van der Waals surface area contributed by atoms with E-state index in [-0.39, 0.29) is 41.1 Å². The predicted molar refractivity (Wildman–Crippen MR) is 79.9 cm³/mol. The standard InChI is InChI=1S/C12H19N3O4S.ClH/c1-8-5-9(6-13)7-15(8)12(16)10-3-4-11(19-10)20(17,18)14-2;/h3-4,8-9,14H,5-7,13H2,1-2H3;1H. The minimum atomic E-state index is -3.67. The number of hydrogen-bond donors (Lipinski definition) is 2. The number of nitrogens with two attached hydrogens (primary N) is 1. The molecule has 2 atom stereocenters. The van der Waals surface area contributed by atoms with Crippen molar-refractivity contribution in [3.63, 3.8) is 0 Å². The van der Waals surface area contributed by atoms with Crippen LogP contribution in [0.25, 0.3) is 0 Å². The second-order valence-electron chi connectivity index (χ2n) is 4.97. The van der Waals surface area contributed by atoms with E-state index in [1.807, 2.05) is 6.92 Å². The molecule has 2 rings (SSSR count). The van der Waals surface area contributed by atoms with Crippen LogP contribution in [0.2, 0.25) is 0 Å². The highest BCUT2D eigenvalue weighted by molar-refractivity contribution is 7.89. The summed E-state index contributed by atoms with van der Waals surface area (Å²) in [5.41, 5.74) is 5.63. The number of carbonyl (C=O) groups excluding carboxylic acids is 1. The highest BCUT2D eigenvalue weighted by atomic mass is 35.5. The van der Waals surface area contributed by atoms with E-state index in [0.717, 1.165) is 6.42 Å². The maximum Gasteiger partial charge on any atom is 0.289 e. The van der Waals surface area contributed by atoms with Gasteiger partial charge in [-0.25, -0.2) is 13.1 Å². The Hall–Kier alpha value is -1.09. The van der Waals surface area contributed by atoms with Crippen LogP contribution in [0.15, 0.2) is 21.6 Å². The number of nitrogens with one attached hydrogen (secondary N) is 1. The van der Waals surface area contributed by atoms with Gasteiger partial charge in [0.15, 0.2) is 5.76 Å². The summed E-state index contributed by atoms with van der Waals surface area (Å²) in [6.07, 6.45) is 0.852. The van der Waals surface area contributed by atoms with E-state index in [2.05, 4.69) is 4.72 Å². The van der Waals surface area contributed by atoms with Crippen LogP contribution in [0.3, 0.4) is 0 Å². The topological polar surface area (TPSA) is 106 Å². The Morgan fingerprint density at radius 2 is 2.19 bits per heavy atom. The van der Waals surface area contributed by atoms with Crippen LogP contribution in [0, 0.1) is 5.92 Å². The van der Waals surface area contributed by atoms with Gasteiger partial charge < -0.3 is 15.1 Å². The molecule has 0 aromatic carbocycles. The first kappa shape index (κ1) is 18.0. The summed E-state index contributed by atoms with van der Waals surface area (Å²) in [5, 5.41) is -0.259. The van der Waals surface area contributed by atoms with Crippen molar-refractivity contribution in [2.75, 3.05) is 20.1 Å². The number of likely N-dealkylation sites (tertiary alicyclic amines) is 1. The lowest BCUT2D eigenvalue weighted by Gasteiger charge is -2.19. The average molecular weight is 338 g/mol. The number of halogens is 1. The molecule has 1 aliphatic heterocycles. The fourth-order valence-electron chi connectivity index (χ4n) is 2.42. The van der Waals surface area contributed by atoms with E-state index in [1.54, 1.807) is 4.90 Å². The van der Waals surface area contributed by atoms with Gasteiger partial charge >= 0.3 is 0 Å². The van der Waals surface area contributed by atoms with Gasteiger partial charge in [0, 0.05) is 12.6 Å². The van der Waals surface area contributed by atoms with E-state index in [1.165, 1.54) is 19.2 Å². The monoisotopic (exact) mass is 337 g/mol. The lowest BCUT2D eigenvalue weighted by atomic mass is 10.1. The molecule has 1 saturated heterocycles. The molecule has 1 fully saturated rings. The molecular weight excluding hydrogens is 318 g/mol. The largest absolute Gasteiger partial charge is 0.438 e. The molecule has 2 heterocycles. The molecule has 7 nitrogen and oxygen atoms in total. The lowest BCUT2D eigenvalue weighted by molar-refractivity contribution is 0.0705. The first-order valence-electron chi connectivity index (χ1n) is 6.43. The van der Waals surface area contributed by atoms with Gasteiger partial charge in [-0.3, -0.25) is 4.79 Å². The van der Waals surface area contributed by atoms with Gasteiger partial charge in [0.25, 0.3) is 15.9 Å². The molecule has 1 aromatic rings. The second-order valence-corrected chi connectivity index (χ2v) is 6.79. The summed E-state index contributed by atoms with van der Waals surface area (Å²) >= 11 is 0. The van der Waals surface area contributed by atoms with Crippen LogP contribution in [-0.4, -0.2) is 45.4 Å². The smallest absolute Gasteiger partial charge is 0.289 e. The Morgan fingerprint density at radius 1 is 1.52 bits per heavy atom. The van der Waals surface area contributed by atoms with Gasteiger partial charge in [-0.05, 0) is 45.0 Å². The Morgan fingerprint density at radius 3 is 2.71 bits per heavy atom. The molecule has 2 unspecified atom stereocenters. The van der Waals surface area contributed by atoms with Crippen LogP contribution in [0.1, 0.15) is 23.9 Å². The van der Waals surface area contributed by atoms with E-state index in [9.17, 15) is 13.2 Å². The van der Waals surface area contributed by atoms with Gasteiger partial charge in [0.2, 0.25) is 5.09 Å². The highest BCUT2D eigenvalue weighted by Gasteiger charge is 2.33. The highest BCUT2D eigenvalue weighted by Crippen LogP contribution is 2.25. The molecule has 120 valence electrons. The van der Waals surface area contributed by atoms with E-state index in [4.69, 9.17) is 10.2 Å². The van der Waals surface area contributed by atoms with Crippen LogP contribution < -0.4 is 10.5 Å². The Kier molecular flexibility index (Phi) is 5.80. The van der Waals surface area contributed by atoms with Crippen molar-refractivity contribution in [2.24, 2.45) is 11.7 Å². The third-order valence-corrected chi connectivity index (χ3v) is 4.87. The summed E-state index contributed by atoms with van der Waals surface area (Å²) in [6, 6.07) is 2.74. The minimum Gasteiger partial charge on any atom is -0.438 e. The Bertz CT molecular complexity index is 601. The zero-order valence-electron chi connectivity index (χ0n) is 11.9. The first-order chi connectivity index (χ1) is 9.39. The molecule has 0 bridgehead atoms. The molecule has 9 heteroatoms. The number of sulfonamides is 1. The quantitative estimate of drug-likeness (QED) is 0.828. The normalized spacial score (nSPS) is 22.1. The number of hydrogen-bond acceptors (Lipinski definition) is 5. The van der Waals surface area contributed by atoms with E-state index >= 15 is 0 Å². The zero-order chi connectivity index (χ0) is 14.9. The summed E-state index contributed by atoms with van der Waals surface area (Å²) in [7, 11) is -2.39. The van der Waals surface area contributed by atoms with Crippen LogP contribution >= 0.6 is 12.4 Å². The number of rotatable bonds is 4. The van der Waals surface area contributed by atoms with Crippen molar-refractivity contribution >= 4 is 28.3 Å². The summed E-state index contributed by atoms with van der Waals surface area (Å²) in [6.45, 7) is 3.05. The Balaban J connectivity index is 0.00000220. The first-order valence-corrected chi connectivity index (χ1v) is 7.91. The van der Waals surface area contributed by atoms with Crippen molar-refractivity contribution in [1.29, 1.82) is 0 Å². The van der Waals surface area contributed by atoms with Crippen LogP contribution in [-0.2, 0) is 10.0 Å². The number of nitrogens with zero attached hydrogens (tertiary/aromatic N) is 1. The molecule has 3 N–H and O–H groups in total. The molecule has 1 amide bonds. The fraction of sp³-hybridized carbons (Fsp3) is 0.583. The molecule has 0 spiro atoms. The van der Waals surface area contributed by atoms with Crippen molar-refractivity contribution < 1.29 is 17.6 Å². The number of amides is 1. The maximum absolute atomic E-state index is 12.3. The fourth-order valence-corrected chi connectivity index (χ4v) is 3.07. The minimum absolute atomic E-state index is 0. The van der Waals surface area contributed by atoms with Gasteiger partial charge in [0.1, 0.15) is 0 Å². The maximum atomic E-state index is 12.3. The van der Waals surface area contributed by atoms with Gasteiger partial charge in [0.05, 0.1) is 0 Å². The molecule has 21 heavy (non-hydrogen) atoms. The molecular formula is C12H20ClN3O4S. The summed E-state index contributed by atoms with van der Waals surface area (Å²) in [5.74, 6) is 0.0128. The molecule has 0 radical (unpaired) electrons. The number of furan rings is 1. The van der Waals surface area contributed by atoms with Crippen molar-refractivity contribution in [3.8, 4) is 0 Å². The molecule has 0 aliphatic carbocycles. The Labute approximate surface area is 130 Å². The van der Waals surface area contributed by atoms with Crippen molar-refractivity contribution in [1.82, 2.24) is 9.62 Å². The van der Waals surface area contributed by atoms with E-state index in [0.29, 0.717) is 13.1 Å². The average Bonchev–Trinajstić information content (AvgIpc) is 3.04. The van der Waals surface area contributed by atoms with Gasteiger partial charge in [-0.15, -0.1) is 12.4 Å². The summed E-state index contributed by atoms with van der Waals surface area (Å²) < 4.78 is 30.4. The van der Waals surface area contributed by atoms with Gasteiger partial charge in [-0.1, -0.05) is 0 Å². The molecule has 1 aromatic heterocycles. The van der Waals surface area contributed by atoms with Crippen molar-refractivity contribution in [2.45, 2.75) is 24.5 Å². The zero-order valence-corrected chi connectivity index (χ0v) is 13.5. The third-order valence-electron chi connectivity index (χ3n) is 3.58. The second kappa shape index (κ2) is 6.78. The van der Waals surface area contributed by atoms with Crippen LogP contribution in [0.4, 0.5) is 0 Å². The van der Waals surface area contributed by atoms with Gasteiger partial charge in [-0.2, -0.15) is 0 Å². The summed E-state index contributed by atoms with van der Waals surface area (Å²) in [4.78, 5) is 14.0. The molecule has 1 aliphatic rings. The van der Waals surface area contributed by atoms with Crippen molar-refractivity contribution in [3.05, 3.63) is 17.9 Å². The molecule has 0 saturated carbocycles. The predicted octanol–water partition coefficient (Wildman–Crippen LogP) is 0.419. The third kappa shape index (κ3) is 3.57. The van der Waals surface area contributed by atoms with E-state index < -0.39 is 10.0 Å².